The summed E-state index contributed by atoms with van der Waals surface area (Å²) >= 11 is 1.39. The summed E-state index contributed by atoms with van der Waals surface area (Å²) < 4.78 is 17.9. The molecule has 2 saturated heterocycles. The lowest BCUT2D eigenvalue weighted by molar-refractivity contribution is -0.384. The number of hydrogen-bond donors (Lipinski definition) is 0. The molecule has 0 amide bonds. The lowest BCUT2D eigenvalue weighted by atomic mass is 10.3. The standard InChI is InChI=1S/C14H20N3O3PS/c18-17(19)13-5-7-14(8-6-13)22-21(20,15-9-1-2-10-15)16-11-3-4-12-16/h5-8H,1-4,9-12H2. The van der Waals surface area contributed by atoms with E-state index >= 15 is 0 Å². The minimum Gasteiger partial charge on any atom is -0.276 e. The van der Waals surface area contributed by atoms with Gasteiger partial charge in [0.25, 0.3) is 12.3 Å². The molecule has 0 unspecified atom stereocenters. The third-order valence-corrected chi connectivity index (χ3v) is 9.83. The maximum Gasteiger partial charge on any atom is 0.276 e. The lowest BCUT2D eigenvalue weighted by Gasteiger charge is -2.33. The van der Waals surface area contributed by atoms with Gasteiger partial charge in [0.05, 0.1) is 4.92 Å². The second-order valence-electron chi connectivity index (χ2n) is 5.65. The summed E-state index contributed by atoms with van der Waals surface area (Å²) in [4.78, 5) is 11.2. The molecule has 22 heavy (non-hydrogen) atoms. The largest absolute Gasteiger partial charge is 0.276 e. The monoisotopic (exact) mass is 341 g/mol. The number of hydrogen-bond acceptors (Lipinski definition) is 4. The van der Waals surface area contributed by atoms with Gasteiger partial charge in [-0.2, -0.15) is 0 Å². The molecule has 0 radical (unpaired) electrons. The molecule has 0 saturated carbocycles. The molecule has 2 heterocycles. The molecular weight excluding hydrogens is 321 g/mol. The van der Waals surface area contributed by atoms with Crippen LogP contribution in [0.25, 0.3) is 0 Å². The first kappa shape index (κ1) is 16.0. The highest BCUT2D eigenvalue weighted by molar-refractivity contribution is 8.56. The molecule has 2 aliphatic rings. The van der Waals surface area contributed by atoms with Crippen LogP contribution in [0.3, 0.4) is 0 Å². The summed E-state index contributed by atoms with van der Waals surface area (Å²) in [5.74, 6) is 0. The van der Waals surface area contributed by atoms with Gasteiger partial charge in [-0.3, -0.25) is 14.7 Å². The Hall–Kier alpha value is -0.880. The summed E-state index contributed by atoms with van der Waals surface area (Å²) in [5.41, 5.74) is 0.0709. The van der Waals surface area contributed by atoms with Crippen molar-refractivity contribution in [2.24, 2.45) is 0 Å². The predicted molar refractivity (Wildman–Crippen MR) is 88.2 cm³/mol. The number of nitro groups is 1. The average molecular weight is 341 g/mol. The van der Waals surface area contributed by atoms with Gasteiger partial charge in [0, 0.05) is 43.2 Å². The molecular formula is C14H20N3O3PS. The predicted octanol–water partition coefficient (Wildman–Crippen LogP) is 3.99. The molecule has 1 aromatic rings. The summed E-state index contributed by atoms with van der Waals surface area (Å²) in [5, 5.41) is 10.7. The average Bonchev–Trinajstić information content (AvgIpc) is 3.21. The second-order valence-corrected chi connectivity index (χ2v) is 10.4. The summed E-state index contributed by atoms with van der Waals surface area (Å²) in [7, 11) is 0. The molecule has 2 fully saturated rings. The zero-order valence-corrected chi connectivity index (χ0v) is 14.1. The highest BCUT2D eigenvalue weighted by atomic mass is 32.7. The maximum absolute atomic E-state index is 13.7. The Morgan fingerprint density at radius 3 is 1.82 bits per heavy atom. The van der Waals surface area contributed by atoms with Gasteiger partial charge in [-0.1, -0.05) is 0 Å². The molecule has 0 bridgehead atoms. The Balaban J connectivity index is 1.82. The lowest BCUT2D eigenvalue weighted by Crippen LogP contribution is -2.26. The minimum atomic E-state index is -2.66. The minimum absolute atomic E-state index is 0.0709. The van der Waals surface area contributed by atoms with Gasteiger partial charge >= 0.3 is 0 Å². The van der Waals surface area contributed by atoms with Crippen LogP contribution >= 0.6 is 18.0 Å². The highest BCUT2D eigenvalue weighted by Crippen LogP contribution is 2.68. The number of nitro benzene ring substituents is 1. The molecule has 1 aromatic carbocycles. The molecule has 0 aromatic heterocycles. The van der Waals surface area contributed by atoms with Crippen molar-refractivity contribution in [3.8, 4) is 0 Å². The van der Waals surface area contributed by atoms with Crippen LogP contribution < -0.4 is 0 Å². The number of nitrogens with zero attached hydrogens (tertiary/aromatic N) is 3. The van der Waals surface area contributed by atoms with E-state index in [9.17, 15) is 14.7 Å². The fourth-order valence-electron chi connectivity index (χ4n) is 2.97. The number of non-ortho nitro benzene ring substituents is 1. The first-order valence-electron chi connectivity index (χ1n) is 7.64. The second kappa shape index (κ2) is 6.71. The van der Waals surface area contributed by atoms with Crippen molar-refractivity contribution in [3.05, 3.63) is 34.4 Å². The van der Waals surface area contributed by atoms with Crippen LogP contribution in [0.4, 0.5) is 5.69 Å². The summed E-state index contributed by atoms with van der Waals surface area (Å²) in [6.07, 6.45) is 4.38. The van der Waals surface area contributed by atoms with Crippen LogP contribution in [-0.2, 0) is 4.57 Å². The Morgan fingerprint density at radius 2 is 1.41 bits per heavy atom. The van der Waals surface area contributed by atoms with Crippen molar-refractivity contribution in [1.82, 2.24) is 9.34 Å². The highest BCUT2D eigenvalue weighted by Gasteiger charge is 2.40. The quantitative estimate of drug-likeness (QED) is 0.458. The van der Waals surface area contributed by atoms with E-state index in [-0.39, 0.29) is 5.69 Å². The zero-order chi connectivity index (χ0) is 15.6. The molecule has 6 nitrogen and oxygen atoms in total. The Labute approximate surface area is 134 Å². The maximum atomic E-state index is 13.7. The molecule has 3 rings (SSSR count). The van der Waals surface area contributed by atoms with E-state index in [0.29, 0.717) is 0 Å². The van der Waals surface area contributed by atoms with Crippen LogP contribution in [0.1, 0.15) is 25.7 Å². The van der Waals surface area contributed by atoms with Gasteiger partial charge < -0.3 is 0 Å². The van der Waals surface area contributed by atoms with E-state index < -0.39 is 11.6 Å². The van der Waals surface area contributed by atoms with Gasteiger partial charge in [0.1, 0.15) is 0 Å². The Morgan fingerprint density at radius 1 is 0.955 bits per heavy atom. The molecule has 2 aliphatic heterocycles. The van der Waals surface area contributed by atoms with E-state index in [1.165, 1.54) is 23.5 Å². The van der Waals surface area contributed by atoms with Crippen molar-refractivity contribution >= 4 is 23.7 Å². The Bertz CT molecular complexity index is 564. The fourth-order valence-corrected chi connectivity index (χ4v) is 8.53. The third-order valence-electron chi connectivity index (χ3n) is 4.15. The van der Waals surface area contributed by atoms with E-state index in [1.54, 1.807) is 12.1 Å². The van der Waals surface area contributed by atoms with Crippen molar-refractivity contribution in [2.45, 2.75) is 30.6 Å². The van der Waals surface area contributed by atoms with Crippen molar-refractivity contribution in [2.75, 3.05) is 26.2 Å². The van der Waals surface area contributed by atoms with Gasteiger partial charge in [-0.25, -0.2) is 9.34 Å². The van der Waals surface area contributed by atoms with E-state index in [4.69, 9.17) is 0 Å². The van der Waals surface area contributed by atoms with Crippen molar-refractivity contribution in [1.29, 1.82) is 0 Å². The Kier molecular flexibility index (Phi) is 4.88. The van der Waals surface area contributed by atoms with E-state index in [1.807, 2.05) is 0 Å². The number of rotatable bonds is 5. The van der Waals surface area contributed by atoms with Gasteiger partial charge in [0.2, 0.25) is 0 Å². The van der Waals surface area contributed by atoms with Crippen LogP contribution in [0.2, 0.25) is 0 Å². The molecule has 0 N–H and O–H groups in total. The SMILES string of the molecule is O=[N+]([O-])c1ccc(SP(=O)(N2CCCC2)N2CCCC2)cc1. The fraction of sp³-hybridized carbons (Fsp3) is 0.571. The summed E-state index contributed by atoms with van der Waals surface area (Å²) in [6.45, 7) is 0.869. The van der Waals surface area contributed by atoms with Gasteiger partial charge in [-0.15, -0.1) is 0 Å². The first-order valence-corrected chi connectivity index (χ1v) is 10.7. The van der Waals surface area contributed by atoms with E-state index in [2.05, 4.69) is 9.34 Å². The molecule has 0 aliphatic carbocycles. The van der Waals surface area contributed by atoms with Crippen LogP contribution in [-0.4, -0.2) is 40.4 Å². The third kappa shape index (κ3) is 3.23. The smallest absolute Gasteiger partial charge is 0.276 e. The topological polar surface area (TPSA) is 66.7 Å². The van der Waals surface area contributed by atoms with Crippen LogP contribution in [0.5, 0.6) is 0 Å². The molecule has 8 heteroatoms. The van der Waals surface area contributed by atoms with E-state index in [0.717, 1.165) is 56.8 Å². The van der Waals surface area contributed by atoms with Crippen LogP contribution in [0.15, 0.2) is 29.2 Å². The van der Waals surface area contributed by atoms with Crippen molar-refractivity contribution in [3.63, 3.8) is 0 Å². The van der Waals surface area contributed by atoms with Gasteiger partial charge in [0.15, 0.2) is 0 Å². The zero-order valence-electron chi connectivity index (χ0n) is 12.4. The normalized spacial score (nSPS) is 20.5. The van der Waals surface area contributed by atoms with Crippen LogP contribution in [0, 0.1) is 10.1 Å². The molecule has 120 valence electrons. The number of benzene rings is 1. The van der Waals surface area contributed by atoms with Gasteiger partial charge in [-0.05, 0) is 49.2 Å². The first-order chi connectivity index (χ1) is 10.6. The van der Waals surface area contributed by atoms with Crippen molar-refractivity contribution < 1.29 is 9.49 Å². The summed E-state index contributed by atoms with van der Waals surface area (Å²) in [6, 6.07) is 6.39. The molecule has 0 atom stereocenters. The molecule has 0 spiro atoms.